The summed E-state index contributed by atoms with van der Waals surface area (Å²) in [5.74, 6) is 2.89. The number of nitrogens with zero attached hydrogens (tertiary/aromatic N) is 3. The SMILES string of the molecule is CC(C)(C)Cc1nccc(N2CC[C@@H]3NCC[C@@H]3C2)n1. The van der Waals surface area contributed by atoms with Gasteiger partial charge in [-0.25, -0.2) is 9.97 Å². The summed E-state index contributed by atoms with van der Waals surface area (Å²) < 4.78 is 0. The fourth-order valence-corrected chi connectivity index (χ4v) is 3.38. The molecule has 2 fully saturated rings. The zero-order valence-corrected chi connectivity index (χ0v) is 12.9. The summed E-state index contributed by atoms with van der Waals surface area (Å²) in [6.45, 7) is 10.1. The maximum Gasteiger partial charge on any atom is 0.132 e. The van der Waals surface area contributed by atoms with Gasteiger partial charge in [-0.05, 0) is 36.8 Å². The van der Waals surface area contributed by atoms with E-state index in [1.54, 1.807) is 0 Å². The molecule has 0 amide bonds. The number of piperidine rings is 1. The minimum atomic E-state index is 0.237. The van der Waals surface area contributed by atoms with Crippen LogP contribution in [0.15, 0.2) is 12.3 Å². The van der Waals surface area contributed by atoms with Crippen molar-refractivity contribution in [2.45, 2.75) is 46.1 Å². The van der Waals surface area contributed by atoms with E-state index >= 15 is 0 Å². The van der Waals surface area contributed by atoms with Crippen molar-refractivity contribution in [3.05, 3.63) is 18.1 Å². The molecular weight excluding hydrogens is 248 g/mol. The first kappa shape index (κ1) is 13.8. The Bertz CT molecular complexity index is 466. The van der Waals surface area contributed by atoms with E-state index in [-0.39, 0.29) is 5.41 Å². The molecule has 2 aliphatic rings. The van der Waals surface area contributed by atoms with Crippen LogP contribution in [-0.2, 0) is 6.42 Å². The number of hydrogen-bond acceptors (Lipinski definition) is 4. The molecule has 0 aromatic carbocycles. The molecule has 4 heteroatoms. The predicted molar refractivity (Wildman–Crippen MR) is 81.9 cm³/mol. The van der Waals surface area contributed by atoms with Gasteiger partial charge in [-0.1, -0.05) is 20.8 Å². The highest BCUT2D eigenvalue weighted by molar-refractivity contribution is 5.38. The van der Waals surface area contributed by atoms with Gasteiger partial charge < -0.3 is 10.2 Å². The van der Waals surface area contributed by atoms with E-state index in [1.165, 1.54) is 19.4 Å². The molecule has 3 heterocycles. The first-order chi connectivity index (χ1) is 9.51. The molecule has 1 N–H and O–H groups in total. The van der Waals surface area contributed by atoms with Crippen LogP contribution >= 0.6 is 0 Å². The van der Waals surface area contributed by atoms with Crippen molar-refractivity contribution in [1.82, 2.24) is 15.3 Å². The zero-order valence-electron chi connectivity index (χ0n) is 12.9. The maximum absolute atomic E-state index is 4.79. The number of anilines is 1. The predicted octanol–water partition coefficient (Wildman–Crippen LogP) is 2.25. The number of rotatable bonds is 2. The van der Waals surface area contributed by atoms with Crippen molar-refractivity contribution < 1.29 is 0 Å². The van der Waals surface area contributed by atoms with Crippen LogP contribution in [0.4, 0.5) is 5.82 Å². The Labute approximate surface area is 122 Å². The summed E-state index contributed by atoms with van der Waals surface area (Å²) in [4.78, 5) is 11.7. The third-order valence-corrected chi connectivity index (χ3v) is 4.36. The maximum atomic E-state index is 4.79. The van der Waals surface area contributed by atoms with Gasteiger partial charge in [0, 0.05) is 31.7 Å². The molecule has 20 heavy (non-hydrogen) atoms. The third kappa shape index (κ3) is 3.11. The van der Waals surface area contributed by atoms with E-state index in [0.717, 1.165) is 43.1 Å². The monoisotopic (exact) mass is 274 g/mol. The molecule has 1 aromatic heterocycles. The van der Waals surface area contributed by atoms with Crippen molar-refractivity contribution in [1.29, 1.82) is 0 Å². The Morgan fingerprint density at radius 3 is 3.00 bits per heavy atom. The van der Waals surface area contributed by atoms with Gasteiger partial charge in [0.1, 0.15) is 11.6 Å². The molecular formula is C16H26N4. The normalized spacial score (nSPS) is 26.6. The van der Waals surface area contributed by atoms with Crippen molar-refractivity contribution in [2.24, 2.45) is 11.3 Å². The fraction of sp³-hybridized carbons (Fsp3) is 0.750. The first-order valence-corrected chi connectivity index (χ1v) is 7.81. The second kappa shape index (κ2) is 5.32. The topological polar surface area (TPSA) is 41.1 Å². The number of fused-ring (bicyclic) bond motifs is 1. The average molecular weight is 274 g/mol. The molecule has 0 bridgehead atoms. The smallest absolute Gasteiger partial charge is 0.132 e. The highest BCUT2D eigenvalue weighted by Gasteiger charge is 2.33. The molecule has 2 aliphatic heterocycles. The van der Waals surface area contributed by atoms with Gasteiger partial charge in [0.2, 0.25) is 0 Å². The van der Waals surface area contributed by atoms with Crippen LogP contribution in [-0.4, -0.2) is 35.6 Å². The molecule has 0 aliphatic carbocycles. The second-order valence-corrected chi connectivity index (χ2v) is 7.41. The lowest BCUT2D eigenvalue weighted by molar-refractivity contribution is 0.373. The summed E-state index contributed by atoms with van der Waals surface area (Å²) in [5, 5.41) is 3.61. The van der Waals surface area contributed by atoms with Crippen LogP contribution in [0.5, 0.6) is 0 Å². The zero-order chi connectivity index (χ0) is 14.2. The molecule has 1 aromatic rings. The second-order valence-electron chi connectivity index (χ2n) is 7.41. The Morgan fingerprint density at radius 2 is 2.20 bits per heavy atom. The van der Waals surface area contributed by atoms with E-state index in [2.05, 4.69) is 42.0 Å². The van der Waals surface area contributed by atoms with Crippen LogP contribution < -0.4 is 10.2 Å². The van der Waals surface area contributed by atoms with Crippen LogP contribution in [0.1, 0.15) is 39.4 Å². The lowest BCUT2D eigenvalue weighted by Gasteiger charge is -2.35. The molecule has 0 unspecified atom stereocenters. The fourth-order valence-electron chi connectivity index (χ4n) is 3.38. The standard InChI is InChI=1S/C16H26N4/c1-16(2,3)10-14-18-8-5-15(19-14)20-9-6-13-12(11-20)4-7-17-13/h5,8,12-13,17H,4,6-7,9-11H2,1-3H3/t12-,13+/m1/s1. The van der Waals surface area contributed by atoms with Gasteiger partial charge in [-0.3, -0.25) is 0 Å². The number of aromatic nitrogens is 2. The van der Waals surface area contributed by atoms with Crippen molar-refractivity contribution in [3.63, 3.8) is 0 Å². The summed E-state index contributed by atoms with van der Waals surface area (Å²) in [7, 11) is 0. The van der Waals surface area contributed by atoms with Crippen LogP contribution in [0.25, 0.3) is 0 Å². The molecule has 2 saturated heterocycles. The molecule has 4 nitrogen and oxygen atoms in total. The Balaban J connectivity index is 1.72. The van der Waals surface area contributed by atoms with E-state index in [9.17, 15) is 0 Å². The summed E-state index contributed by atoms with van der Waals surface area (Å²) >= 11 is 0. The Kier molecular flexibility index (Phi) is 3.67. The summed E-state index contributed by atoms with van der Waals surface area (Å²) in [6, 6.07) is 2.80. The highest BCUT2D eigenvalue weighted by atomic mass is 15.2. The van der Waals surface area contributed by atoms with Gasteiger partial charge in [-0.2, -0.15) is 0 Å². The average Bonchev–Trinajstić information content (AvgIpc) is 2.84. The van der Waals surface area contributed by atoms with Crippen LogP contribution in [0.3, 0.4) is 0 Å². The quantitative estimate of drug-likeness (QED) is 0.898. The minimum Gasteiger partial charge on any atom is -0.356 e. The number of hydrogen-bond donors (Lipinski definition) is 1. The lowest BCUT2D eigenvalue weighted by atomic mass is 9.92. The van der Waals surface area contributed by atoms with Gasteiger partial charge in [0.15, 0.2) is 0 Å². The molecule has 0 radical (unpaired) electrons. The highest BCUT2D eigenvalue weighted by Crippen LogP contribution is 2.27. The van der Waals surface area contributed by atoms with Gasteiger partial charge >= 0.3 is 0 Å². The Morgan fingerprint density at radius 1 is 1.35 bits per heavy atom. The first-order valence-electron chi connectivity index (χ1n) is 7.81. The van der Waals surface area contributed by atoms with Crippen molar-refractivity contribution >= 4 is 5.82 Å². The van der Waals surface area contributed by atoms with E-state index in [1.807, 2.05) is 6.20 Å². The molecule has 2 atom stereocenters. The molecule has 110 valence electrons. The number of nitrogens with one attached hydrogen (secondary N) is 1. The van der Waals surface area contributed by atoms with Crippen LogP contribution in [0, 0.1) is 11.3 Å². The van der Waals surface area contributed by atoms with E-state index in [4.69, 9.17) is 4.98 Å². The lowest BCUT2D eigenvalue weighted by Crippen LogP contribution is -2.44. The largest absolute Gasteiger partial charge is 0.356 e. The van der Waals surface area contributed by atoms with Crippen LogP contribution in [0.2, 0.25) is 0 Å². The summed E-state index contributed by atoms with van der Waals surface area (Å²) in [6.07, 6.45) is 5.40. The Hall–Kier alpha value is -1.16. The van der Waals surface area contributed by atoms with Crippen molar-refractivity contribution in [2.75, 3.05) is 24.5 Å². The van der Waals surface area contributed by atoms with Gasteiger partial charge in [0.25, 0.3) is 0 Å². The molecule has 0 spiro atoms. The minimum absolute atomic E-state index is 0.237. The molecule has 3 rings (SSSR count). The van der Waals surface area contributed by atoms with E-state index < -0.39 is 0 Å². The van der Waals surface area contributed by atoms with E-state index in [0.29, 0.717) is 0 Å². The molecule has 0 saturated carbocycles. The van der Waals surface area contributed by atoms with Gasteiger partial charge in [-0.15, -0.1) is 0 Å². The third-order valence-electron chi connectivity index (χ3n) is 4.36. The summed E-state index contributed by atoms with van der Waals surface area (Å²) in [5.41, 5.74) is 0.237. The van der Waals surface area contributed by atoms with Crippen molar-refractivity contribution in [3.8, 4) is 0 Å². The van der Waals surface area contributed by atoms with Gasteiger partial charge in [0.05, 0.1) is 0 Å².